The molecule has 1 amide bonds. The van der Waals surface area contributed by atoms with Gasteiger partial charge in [-0.3, -0.25) is 9.36 Å². The number of halogens is 1. The predicted molar refractivity (Wildman–Crippen MR) is 139 cm³/mol. The summed E-state index contributed by atoms with van der Waals surface area (Å²) in [5.41, 5.74) is 4.66. The van der Waals surface area contributed by atoms with Gasteiger partial charge < -0.3 is 10.3 Å². The number of nitrogens with zero attached hydrogens (tertiary/aromatic N) is 5. The van der Waals surface area contributed by atoms with E-state index in [1.165, 1.54) is 12.1 Å². The van der Waals surface area contributed by atoms with Gasteiger partial charge in [-0.25, -0.2) is 24.3 Å². The molecule has 0 aliphatic carbocycles. The van der Waals surface area contributed by atoms with Crippen LogP contribution in [-0.4, -0.2) is 41.9 Å². The fourth-order valence-corrected chi connectivity index (χ4v) is 4.28. The summed E-state index contributed by atoms with van der Waals surface area (Å²) in [5, 5.41) is 2.95. The Balaban J connectivity index is 1.35. The van der Waals surface area contributed by atoms with Crippen LogP contribution >= 0.6 is 0 Å². The number of aryl methyl sites for hydroxylation is 1. The molecule has 0 aliphatic rings. The first-order chi connectivity index (χ1) is 18.2. The van der Waals surface area contributed by atoms with E-state index in [1.54, 1.807) is 49.1 Å². The zero-order valence-corrected chi connectivity index (χ0v) is 19.7. The fourth-order valence-electron chi connectivity index (χ4n) is 4.28. The van der Waals surface area contributed by atoms with Crippen molar-refractivity contribution in [2.24, 2.45) is 0 Å². The first-order valence-electron chi connectivity index (χ1n) is 11.9. The molecule has 0 bridgehead atoms. The van der Waals surface area contributed by atoms with E-state index in [0.717, 1.165) is 29.7 Å². The summed E-state index contributed by atoms with van der Waals surface area (Å²) in [6.07, 6.45) is 6.72. The van der Waals surface area contributed by atoms with Gasteiger partial charge in [0, 0.05) is 36.5 Å². The third kappa shape index (κ3) is 4.54. The molecule has 0 saturated carbocycles. The minimum Gasteiger partial charge on any atom is -0.352 e. The minimum atomic E-state index is -0.335. The van der Waals surface area contributed by atoms with Crippen molar-refractivity contribution < 1.29 is 9.18 Å². The molecule has 6 rings (SSSR count). The fraction of sp³-hybridized carbons (Fsp3) is 0.107. The van der Waals surface area contributed by atoms with Gasteiger partial charge >= 0.3 is 0 Å². The van der Waals surface area contributed by atoms with E-state index in [2.05, 4.69) is 20.3 Å². The Morgan fingerprint density at radius 1 is 0.946 bits per heavy atom. The molecule has 0 radical (unpaired) electrons. The highest BCUT2D eigenvalue weighted by Crippen LogP contribution is 2.29. The summed E-state index contributed by atoms with van der Waals surface area (Å²) in [6.45, 7) is 0.525. The molecular formula is C28H22FN7O. The van der Waals surface area contributed by atoms with Crippen LogP contribution in [0, 0.1) is 5.82 Å². The summed E-state index contributed by atoms with van der Waals surface area (Å²) in [4.78, 5) is 34.3. The summed E-state index contributed by atoms with van der Waals surface area (Å²) in [6, 6.07) is 19.1. The average Bonchev–Trinajstić information content (AvgIpc) is 3.61. The molecule has 182 valence electrons. The van der Waals surface area contributed by atoms with Gasteiger partial charge in [0.1, 0.15) is 23.7 Å². The molecule has 0 fully saturated rings. The van der Waals surface area contributed by atoms with Gasteiger partial charge in [0.05, 0.1) is 22.1 Å². The number of aromatic nitrogens is 6. The molecule has 6 aromatic rings. The van der Waals surface area contributed by atoms with E-state index in [9.17, 15) is 9.18 Å². The molecule has 3 heterocycles. The Bertz CT molecular complexity index is 1710. The number of rotatable bonds is 7. The van der Waals surface area contributed by atoms with Crippen molar-refractivity contribution in [2.75, 3.05) is 6.54 Å². The molecule has 0 unspecified atom stereocenters. The maximum atomic E-state index is 13.7. The number of para-hydroxylation sites is 2. The summed E-state index contributed by atoms with van der Waals surface area (Å²) in [5.74, 6) is 0.947. The van der Waals surface area contributed by atoms with E-state index in [4.69, 9.17) is 9.97 Å². The zero-order chi connectivity index (χ0) is 25.2. The third-order valence-corrected chi connectivity index (χ3v) is 6.14. The van der Waals surface area contributed by atoms with E-state index >= 15 is 0 Å². The normalized spacial score (nSPS) is 11.3. The quantitative estimate of drug-likeness (QED) is 0.311. The molecule has 0 aliphatic heterocycles. The Hall–Kier alpha value is -4.92. The molecule has 9 heteroatoms. The maximum Gasteiger partial charge on any atom is 0.251 e. The minimum absolute atomic E-state index is 0.184. The van der Waals surface area contributed by atoms with Crippen LogP contribution in [0.15, 0.2) is 85.5 Å². The molecule has 8 nitrogen and oxygen atoms in total. The molecule has 0 saturated heterocycles. The summed E-state index contributed by atoms with van der Waals surface area (Å²) < 4.78 is 15.6. The molecule has 2 N–H and O–H groups in total. The highest BCUT2D eigenvalue weighted by Gasteiger charge is 2.17. The molecule has 0 atom stereocenters. The van der Waals surface area contributed by atoms with Crippen LogP contribution in [0.2, 0.25) is 0 Å². The second kappa shape index (κ2) is 9.62. The summed E-state index contributed by atoms with van der Waals surface area (Å²) >= 11 is 0. The first kappa shape index (κ1) is 22.5. The highest BCUT2D eigenvalue weighted by molar-refractivity contribution is 5.97. The molecule has 0 spiro atoms. The van der Waals surface area contributed by atoms with Crippen LogP contribution in [0.1, 0.15) is 22.6 Å². The standard InChI is InChI=1S/C28H22FN7O/c29-20-10-7-18(8-11-20)26-27(36-17-33-22-4-1-2-5-24(22)36)35-21-12-9-19(16-23(21)34-26)28(37)32-13-3-6-25-30-14-15-31-25/h1-2,4-5,7-12,14-17H,3,6,13H2,(H,30,31)(H,32,37). The number of nitrogens with one attached hydrogen (secondary N) is 2. The van der Waals surface area contributed by atoms with Crippen LogP contribution in [0.5, 0.6) is 0 Å². The molecule has 3 aromatic heterocycles. The first-order valence-corrected chi connectivity index (χ1v) is 11.9. The van der Waals surface area contributed by atoms with Crippen molar-refractivity contribution in [3.05, 3.63) is 103 Å². The van der Waals surface area contributed by atoms with Crippen molar-refractivity contribution >= 4 is 28.0 Å². The number of fused-ring (bicyclic) bond motifs is 2. The van der Waals surface area contributed by atoms with Crippen molar-refractivity contribution in [1.82, 2.24) is 34.8 Å². The van der Waals surface area contributed by atoms with Gasteiger partial charge in [-0.2, -0.15) is 0 Å². The SMILES string of the molecule is O=C(NCCCc1ncc[nH]1)c1ccc2nc(-n3cnc4ccccc43)c(-c3ccc(F)cc3)nc2c1. The zero-order valence-electron chi connectivity index (χ0n) is 19.7. The maximum absolute atomic E-state index is 13.7. The number of benzene rings is 3. The average molecular weight is 492 g/mol. The second-order valence-electron chi connectivity index (χ2n) is 8.60. The van der Waals surface area contributed by atoms with Crippen LogP contribution in [0.25, 0.3) is 39.1 Å². The van der Waals surface area contributed by atoms with E-state index in [1.807, 2.05) is 28.8 Å². The van der Waals surface area contributed by atoms with E-state index in [-0.39, 0.29) is 11.7 Å². The number of carbonyl (C=O) groups excluding carboxylic acids is 1. The number of aromatic amines is 1. The van der Waals surface area contributed by atoms with Gasteiger partial charge in [-0.1, -0.05) is 12.1 Å². The smallest absolute Gasteiger partial charge is 0.251 e. The lowest BCUT2D eigenvalue weighted by Crippen LogP contribution is -2.24. The Kier molecular flexibility index (Phi) is 5.86. The Labute approximate surface area is 211 Å². The largest absolute Gasteiger partial charge is 0.352 e. The van der Waals surface area contributed by atoms with E-state index in [0.29, 0.717) is 40.2 Å². The molecule has 37 heavy (non-hydrogen) atoms. The number of carbonyl (C=O) groups is 1. The number of amides is 1. The van der Waals surface area contributed by atoms with Gasteiger partial charge in [0.2, 0.25) is 0 Å². The van der Waals surface area contributed by atoms with Crippen molar-refractivity contribution in [3.8, 4) is 17.1 Å². The Morgan fingerprint density at radius 3 is 2.65 bits per heavy atom. The van der Waals surface area contributed by atoms with Gasteiger partial charge in [-0.15, -0.1) is 0 Å². The highest BCUT2D eigenvalue weighted by atomic mass is 19.1. The Morgan fingerprint density at radius 2 is 1.81 bits per heavy atom. The van der Waals surface area contributed by atoms with Crippen LogP contribution < -0.4 is 5.32 Å². The van der Waals surface area contributed by atoms with Crippen molar-refractivity contribution in [1.29, 1.82) is 0 Å². The van der Waals surface area contributed by atoms with Gasteiger partial charge in [0.15, 0.2) is 5.82 Å². The van der Waals surface area contributed by atoms with Gasteiger partial charge in [-0.05, 0) is 61.0 Å². The number of hydrogen-bond donors (Lipinski definition) is 2. The monoisotopic (exact) mass is 491 g/mol. The van der Waals surface area contributed by atoms with Crippen LogP contribution in [0.4, 0.5) is 4.39 Å². The van der Waals surface area contributed by atoms with Crippen LogP contribution in [0.3, 0.4) is 0 Å². The lowest BCUT2D eigenvalue weighted by atomic mass is 10.1. The van der Waals surface area contributed by atoms with Crippen LogP contribution in [-0.2, 0) is 6.42 Å². The topological polar surface area (TPSA) is 101 Å². The second-order valence-corrected chi connectivity index (χ2v) is 8.60. The lowest BCUT2D eigenvalue weighted by Gasteiger charge is -2.12. The summed E-state index contributed by atoms with van der Waals surface area (Å²) in [7, 11) is 0. The molecule has 3 aromatic carbocycles. The third-order valence-electron chi connectivity index (χ3n) is 6.14. The number of H-pyrrole nitrogens is 1. The molecular weight excluding hydrogens is 469 g/mol. The van der Waals surface area contributed by atoms with Crippen molar-refractivity contribution in [3.63, 3.8) is 0 Å². The predicted octanol–water partition coefficient (Wildman–Crippen LogP) is 4.86. The van der Waals surface area contributed by atoms with E-state index < -0.39 is 0 Å². The number of hydrogen-bond acceptors (Lipinski definition) is 5. The lowest BCUT2D eigenvalue weighted by molar-refractivity contribution is 0.0953. The van der Waals surface area contributed by atoms with Gasteiger partial charge in [0.25, 0.3) is 5.91 Å². The van der Waals surface area contributed by atoms with Crippen molar-refractivity contribution in [2.45, 2.75) is 12.8 Å². The number of imidazole rings is 2.